The molecule has 6 heteroatoms. The Morgan fingerprint density at radius 3 is 3.12 bits per heavy atom. The fourth-order valence-corrected chi connectivity index (χ4v) is 3.84. The molecule has 24 heavy (non-hydrogen) atoms. The van der Waals surface area contributed by atoms with Crippen LogP contribution in [-0.2, 0) is 13.0 Å². The normalized spacial score (nSPS) is 23.3. The lowest BCUT2D eigenvalue weighted by Gasteiger charge is -2.25. The first-order chi connectivity index (χ1) is 11.6. The van der Waals surface area contributed by atoms with Gasteiger partial charge in [-0.05, 0) is 30.0 Å². The van der Waals surface area contributed by atoms with Crippen molar-refractivity contribution in [3.05, 3.63) is 52.6 Å². The van der Waals surface area contributed by atoms with Gasteiger partial charge in [0.1, 0.15) is 5.82 Å². The number of H-pyrrole nitrogens is 1. The predicted octanol–water partition coefficient (Wildman–Crippen LogP) is 2.42. The van der Waals surface area contributed by atoms with E-state index >= 15 is 0 Å². The summed E-state index contributed by atoms with van der Waals surface area (Å²) in [7, 11) is 0. The number of likely N-dealkylation sites (tertiary alicyclic amines) is 1. The zero-order valence-corrected chi connectivity index (χ0v) is 13.7. The number of halogens is 1. The van der Waals surface area contributed by atoms with E-state index in [0.717, 1.165) is 36.2 Å². The minimum absolute atomic E-state index is 0.0604. The van der Waals surface area contributed by atoms with E-state index in [1.54, 1.807) is 6.07 Å². The molecule has 126 valence electrons. The molecule has 4 rings (SSSR count). The van der Waals surface area contributed by atoms with Gasteiger partial charge in [0.05, 0.1) is 6.04 Å². The second kappa shape index (κ2) is 6.02. The molecule has 2 aliphatic heterocycles. The SMILES string of the molecule is CC1CC(c2cccc(F)c2)N(C(=O)c2n[nH]c3c2CNCC3)C1. The number of nitrogens with one attached hydrogen (secondary N) is 2. The van der Waals surface area contributed by atoms with Crippen LogP contribution < -0.4 is 5.32 Å². The third-order valence-electron chi connectivity index (χ3n) is 5.01. The van der Waals surface area contributed by atoms with Crippen LogP contribution in [0.4, 0.5) is 4.39 Å². The van der Waals surface area contributed by atoms with Crippen LogP contribution in [0.3, 0.4) is 0 Å². The van der Waals surface area contributed by atoms with Gasteiger partial charge in [-0.2, -0.15) is 5.10 Å². The molecule has 1 saturated heterocycles. The van der Waals surface area contributed by atoms with Crippen molar-refractivity contribution in [3.8, 4) is 0 Å². The molecule has 5 nitrogen and oxygen atoms in total. The second-order valence-electron chi connectivity index (χ2n) is 6.83. The molecule has 2 unspecified atom stereocenters. The van der Waals surface area contributed by atoms with Crippen molar-refractivity contribution >= 4 is 5.91 Å². The minimum Gasteiger partial charge on any atom is -0.330 e. The van der Waals surface area contributed by atoms with Gasteiger partial charge in [0.2, 0.25) is 0 Å². The summed E-state index contributed by atoms with van der Waals surface area (Å²) in [6.07, 6.45) is 1.71. The monoisotopic (exact) mass is 328 g/mol. The highest BCUT2D eigenvalue weighted by atomic mass is 19.1. The zero-order chi connectivity index (χ0) is 16.7. The van der Waals surface area contributed by atoms with Crippen LogP contribution in [0.1, 0.15) is 46.7 Å². The van der Waals surface area contributed by atoms with Gasteiger partial charge >= 0.3 is 0 Å². The summed E-state index contributed by atoms with van der Waals surface area (Å²) in [5.41, 5.74) is 3.39. The molecule has 1 amide bonds. The Kier molecular flexibility index (Phi) is 3.84. The van der Waals surface area contributed by atoms with Crippen molar-refractivity contribution in [2.24, 2.45) is 5.92 Å². The summed E-state index contributed by atoms with van der Waals surface area (Å²) in [5.74, 6) is 0.0609. The summed E-state index contributed by atoms with van der Waals surface area (Å²) in [5, 5.41) is 10.6. The Bertz CT molecular complexity index is 772. The third-order valence-corrected chi connectivity index (χ3v) is 5.01. The van der Waals surface area contributed by atoms with E-state index < -0.39 is 0 Å². The van der Waals surface area contributed by atoms with E-state index in [0.29, 0.717) is 24.7 Å². The number of aromatic amines is 1. The first-order valence-electron chi connectivity index (χ1n) is 8.46. The number of nitrogens with zero attached hydrogens (tertiary/aromatic N) is 2. The summed E-state index contributed by atoms with van der Waals surface area (Å²) in [4.78, 5) is 15.0. The fraction of sp³-hybridized carbons (Fsp3) is 0.444. The number of carbonyl (C=O) groups is 1. The Hall–Kier alpha value is -2.21. The van der Waals surface area contributed by atoms with E-state index in [-0.39, 0.29) is 17.8 Å². The smallest absolute Gasteiger partial charge is 0.275 e. The second-order valence-corrected chi connectivity index (χ2v) is 6.83. The van der Waals surface area contributed by atoms with Gasteiger partial charge in [-0.25, -0.2) is 4.39 Å². The average molecular weight is 328 g/mol. The van der Waals surface area contributed by atoms with Crippen molar-refractivity contribution in [1.82, 2.24) is 20.4 Å². The number of aromatic nitrogens is 2. The van der Waals surface area contributed by atoms with Crippen molar-refractivity contribution in [2.45, 2.75) is 32.4 Å². The van der Waals surface area contributed by atoms with E-state index in [9.17, 15) is 9.18 Å². The van der Waals surface area contributed by atoms with Gasteiger partial charge in [-0.1, -0.05) is 19.1 Å². The lowest BCUT2D eigenvalue weighted by atomic mass is 10.0. The van der Waals surface area contributed by atoms with Crippen LogP contribution in [0.5, 0.6) is 0 Å². The molecular formula is C18H21FN4O. The van der Waals surface area contributed by atoms with Gasteiger partial charge in [-0.15, -0.1) is 0 Å². The molecule has 0 spiro atoms. The van der Waals surface area contributed by atoms with Crippen LogP contribution in [-0.4, -0.2) is 34.1 Å². The van der Waals surface area contributed by atoms with Gasteiger partial charge in [0.25, 0.3) is 5.91 Å². The minimum atomic E-state index is -0.263. The molecule has 2 atom stereocenters. The van der Waals surface area contributed by atoms with Crippen molar-refractivity contribution in [2.75, 3.05) is 13.1 Å². The lowest BCUT2D eigenvalue weighted by molar-refractivity contribution is 0.0724. The summed E-state index contributed by atoms with van der Waals surface area (Å²) < 4.78 is 13.6. The average Bonchev–Trinajstić information content (AvgIpc) is 3.18. The first-order valence-corrected chi connectivity index (χ1v) is 8.46. The summed E-state index contributed by atoms with van der Waals surface area (Å²) >= 11 is 0. The number of amides is 1. The van der Waals surface area contributed by atoms with Gasteiger partial charge in [-0.3, -0.25) is 9.89 Å². The zero-order valence-electron chi connectivity index (χ0n) is 13.7. The number of hydrogen-bond donors (Lipinski definition) is 2. The quantitative estimate of drug-likeness (QED) is 0.890. The summed E-state index contributed by atoms with van der Waals surface area (Å²) in [6, 6.07) is 6.48. The Balaban J connectivity index is 1.66. The van der Waals surface area contributed by atoms with Crippen molar-refractivity contribution < 1.29 is 9.18 Å². The molecule has 3 heterocycles. The third kappa shape index (κ3) is 2.60. The first kappa shape index (κ1) is 15.3. The molecule has 1 fully saturated rings. The molecule has 0 radical (unpaired) electrons. The highest BCUT2D eigenvalue weighted by Crippen LogP contribution is 2.36. The van der Waals surface area contributed by atoms with E-state index in [1.165, 1.54) is 12.1 Å². The Morgan fingerprint density at radius 1 is 1.42 bits per heavy atom. The Morgan fingerprint density at radius 2 is 2.29 bits per heavy atom. The molecule has 2 aliphatic rings. The summed E-state index contributed by atoms with van der Waals surface area (Å²) in [6.45, 7) is 4.37. The van der Waals surface area contributed by atoms with Crippen LogP contribution in [0.15, 0.2) is 24.3 Å². The molecule has 0 bridgehead atoms. The fourth-order valence-electron chi connectivity index (χ4n) is 3.84. The number of fused-ring (bicyclic) bond motifs is 1. The number of rotatable bonds is 2. The van der Waals surface area contributed by atoms with Crippen LogP contribution in [0.25, 0.3) is 0 Å². The Labute approximate surface area is 140 Å². The highest BCUT2D eigenvalue weighted by Gasteiger charge is 2.37. The topological polar surface area (TPSA) is 61.0 Å². The maximum absolute atomic E-state index is 13.6. The number of benzene rings is 1. The maximum Gasteiger partial charge on any atom is 0.275 e. The maximum atomic E-state index is 13.6. The van der Waals surface area contributed by atoms with E-state index in [4.69, 9.17) is 0 Å². The number of hydrogen-bond acceptors (Lipinski definition) is 3. The van der Waals surface area contributed by atoms with Crippen molar-refractivity contribution in [3.63, 3.8) is 0 Å². The van der Waals surface area contributed by atoms with Gasteiger partial charge in [0.15, 0.2) is 5.69 Å². The van der Waals surface area contributed by atoms with Crippen LogP contribution in [0, 0.1) is 11.7 Å². The van der Waals surface area contributed by atoms with E-state index in [1.807, 2.05) is 11.0 Å². The molecule has 1 aromatic heterocycles. The van der Waals surface area contributed by atoms with Gasteiger partial charge in [0, 0.05) is 37.3 Å². The molecule has 2 aromatic rings. The van der Waals surface area contributed by atoms with Crippen LogP contribution in [0.2, 0.25) is 0 Å². The van der Waals surface area contributed by atoms with Gasteiger partial charge < -0.3 is 10.2 Å². The van der Waals surface area contributed by atoms with Crippen LogP contribution >= 0.6 is 0 Å². The molecule has 0 aliphatic carbocycles. The largest absolute Gasteiger partial charge is 0.330 e. The molecular weight excluding hydrogens is 307 g/mol. The number of carbonyl (C=O) groups excluding carboxylic acids is 1. The predicted molar refractivity (Wildman–Crippen MR) is 88.0 cm³/mol. The molecule has 2 N–H and O–H groups in total. The van der Waals surface area contributed by atoms with Crippen molar-refractivity contribution in [1.29, 1.82) is 0 Å². The lowest BCUT2D eigenvalue weighted by Crippen LogP contribution is -2.33. The standard InChI is InChI=1S/C18H21FN4O/c1-11-7-16(12-3-2-4-13(19)8-12)23(10-11)18(24)17-14-9-20-6-5-15(14)21-22-17/h2-4,8,11,16,20H,5-7,9-10H2,1H3,(H,21,22). The molecule has 0 saturated carbocycles. The molecule has 1 aromatic carbocycles. The highest BCUT2D eigenvalue weighted by molar-refractivity contribution is 5.94. The van der Waals surface area contributed by atoms with E-state index in [2.05, 4.69) is 22.4 Å².